The van der Waals surface area contributed by atoms with E-state index in [1.807, 2.05) is 49.4 Å². The van der Waals surface area contributed by atoms with E-state index >= 15 is 0 Å². The number of carbonyl (C=O) groups excluding carboxylic acids is 1. The summed E-state index contributed by atoms with van der Waals surface area (Å²) in [4.78, 5) is 18.2. The Kier molecular flexibility index (Phi) is 5.32. The van der Waals surface area contributed by atoms with Gasteiger partial charge in [-0.15, -0.1) is 0 Å². The summed E-state index contributed by atoms with van der Waals surface area (Å²) in [6, 6.07) is 13.2. The van der Waals surface area contributed by atoms with Crippen LogP contribution < -0.4 is 4.74 Å². The van der Waals surface area contributed by atoms with Gasteiger partial charge in [-0.3, -0.25) is 9.78 Å². The van der Waals surface area contributed by atoms with E-state index < -0.39 is 6.10 Å². The summed E-state index contributed by atoms with van der Waals surface area (Å²) in [5, 5.41) is 0. The van der Waals surface area contributed by atoms with Crippen LogP contribution in [0.5, 0.6) is 5.75 Å². The van der Waals surface area contributed by atoms with Crippen molar-refractivity contribution in [1.82, 2.24) is 9.88 Å². The van der Waals surface area contributed by atoms with Crippen LogP contribution in [0.4, 0.5) is 0 Å². The molecule has 110 valence electrons. The van der Waals surface area contributed by atoms with Crippen LogP contribution in [0.2, 0.25) is 0 Å². The number of nitrogens with zero attached hydrogens (tertiary/aromatic N) is 2. The van der Waals surface area contributed by atoms with Gasteiger partial charge >= 0.3 is 0 Å². The van der Waals surface area contributed by atoms with Gasteiger partial charge < -0.3 is 9.64 Å². The molecule has 1 unspecified atom stereocenters. The highest BCUT2D eigenvalue weighted by Crippen LogP contribution is 2.14. The highest BCUT2D eigenvalue weighted by atomic mass is 16.5. The van der Waals surface area contributed by atoms with Crippen molar-refractivity contribution in [3.8, 4) is 5.75 Å². The van der Waals surface area contributed by atoms with Gasteiger partial charge in [-0.25, -0.2) is 0 Å². The Morgan fingerprint density at radius 2 is 2.00 bits per heavy atom. The van der Waals surface area contributed by atoms with Crippen LogP contribution in [0.15, 0.2) is 54.9 Å². The van der Waals surface area contributed by atoms with E-state index in [2.05, 4.69) is 4.98 Å². The van der Waals surface area contributed by atoms with Crippen molar-refractivity contribution in [3.63, 3.8) is 0 Å². The van der Waals surface area contributed by atoms with Gasteiger partial charge in [-0.1, -0.05) is 31.2 Å². The lowest BCUT2D eigenvalue weighted by Gasteiger charge is -2.23. The molecule has 1 aromatic heterocycles. The number of amides is 1. The molecule has 0 aliphatic heterocycles. The summed E-state index contributed by atoms with van der Waals surface area (Å²) >= 11 is 0. The summed E-state index contributed by atoms with van der Waals surface area (Å²) in [6.07, 6.45) is 3.65. The zero-order valence-corrected chi connectivity index (χ0v) is 12.4. The maximum Gasteiger partial charge on any atom is 0.263 e. The fourth-order valence-electron chi connectivity index (χ4n) is 2.06. The van der Waals surface area contributed by atoms with E-state index in [4.69, 9.17) is 4.74 Å². The second-order valence-corrected chi connectivity index (χ2v) is 4.88. The predicted molar refractivity (Wildman–Crippen MR) is 81.9 cm³/mol. The number of benzene rings is 1. The molecule has 0 radical (unpaired) electrons. The van der Waals surface area contributed by atoms with E-state index in [0.717, 1.165) is 5.56 Å². The third-order valence-electron chi connectivity index (χ3n) is 3.19. The van der Waals surface area contributed by atoms with Crippen molar-refractivity contribution < 1.29 is 9.53 Å². The second-order valence-electron chi connectivity index (χ2n) is 4.88. The zero-order chi connectivity index (χ0) is 15.1. The lowest BCUT2D eigenvalue weighted by Crippen LogP contribution is -2.39. The Bertz CT molecular complexity index is 558. The fraction of sp³-hybridized carbons (Fsp3) is 0.294. The molecule has 21 heavy (non-hydrogen) atoms. The average Bonchev–Trinajstić information content (AvgIpc) is 2.54. The van der Waals surface area contributed by atoms with Gasteiger partial charge in [0.25, 0.3) is 5.91 Å². The molecule has 0 saturated carbocycles. The van der Waals surface area contributed by atoms with Gasteiger partial charge in [-0.05, 0) is 30.2 Å². The lowest BCUT2D eigenvalue weighted by molar-refractivity contribution is -0.138. The first-order valence-corrected chi connectivity index (χ1v) is 7.06. The highest BCUT2D eigenvalue weighted by molar-refractivity contribution is 5.81. The molecular weight excluding hydrogens is 264 g/mol. The summed E-state index contributed by atoms with van der Waals surface area (Å²) in [6.45, 7) is 2.48. The number of aromatic nitrogens is 1. The van der Waals surface area contributed by atoms with Crippen LogP contribution >= 0.6 is 0 Å². The number of carbonyl (C=O) groups is 1. The minimum Gasteiger partial charge on any atom is -0.481 e. The van der Waals surface area contributed by atoms with Crippen LogP contribution in [-0.2, 0) is 11.3 Å². The quantitative estimate of drug-likeness (QED) is 0.819. The topological polar surface area (TPSA) is 42.4 Å². The lowest BCUT2D eigenvalue weighted by atomic mass is 10.2. The number of rotatable bonds is 6. The number of hydrogen-bond acceptors (Lipinski definition) is 3. The molecule has 0 aliphatic carbocycles. The molecule has 1 amide bonds. The molecule has 0 fully saturated rings. The summed E-state index contributed by atoms with van der Waals surface area (Å²) in [5.41, 5.74) is 1.00. The molecule has 1 aromatic carbocycles. The summed E-state index contributed by atoms with van der Waals surface area (Å²) in [5.74, 6) is 0.692. The average molecular weight is 284 g/mol. The van der Waals surface area contributed by atoms with Gasteiger partial charge in [0.2, 0.25) is 0 Å². The molecule has 1 atom stereocenters. The third kappa shape index (κ3) is 4.31. The van der Waals surface area contributed by atoms with Gasteiger partial charge in [0.05, 0.1) is 0 Å². The minimum atomic E-state index is -0.464. The summed E-state index contributed by atoms with van der Waals surface area (Å²) < 4.78 is 5.78. The molecule has 4 heteroatoms. The van der Waals surface area contributed by atoms with E-state index in [1.165, 1.54) is 0 Å². The Hall–Kier alpha value is -2.36. The molecule has 0 saturated heterocycles. The van der Waals surface area contributed by atoms with Crippen molar-refractivity contribution in [1.29, 1.82) is 0 Å². The molecule has 0 spiro atoms. The van der Waals surface area contributed by atoms with Crippen LogP contribution in [0.3, 0.4) is 0 Å². The standard InChI is InChI=1S/C17H20N2O2/c1-3-16(21-15-9-5-4-6-10-15)17(20)19(2)13-14-8-7-11-18-12-14/h4-12,16H,3,13H2,1-2H3. The Labute approximate surface area is 125 Å². The van der Waals surface area contributed by atoms with Crippen LogP contribution in [0, 0.1) is 0 Å². The summed E-state index contributed by atoms with van der Waals surface area (Å²) in [7, 11) is 1.78. The minimum absolute atomic E-state index is 0.0230. The molecule has 2 aromatic rings. The Morgan fingerprint density at radius 3 is 2.62 bits per heavy atom. The predicted octanol–water partition coefficient (Wildman–Crippen LogP) is 2.90. The highest BCUT2D eigenvalue weighted by Gasteiger charge is 2.22. The number of ether oxygens (including phenoxy) is 1. The number of hydrogen-bond donors (Lipinski definition) is 0. The number of para-hydroxylation sites is 1. The first-order chi connectivity index (χ1) is 10.2. The van der Waals surface area contributed by atoms with Crippen molar-refractivity contribution in [3.05, 3.63) is 60.4 Å². The SMILES string of the molecule is CCC(Oc1ccccc1)C(=O)N(C)Cc1cccnc1. The largest absolute Gasteiger partial charge is 0.481 e. The van der Waals surface area contributed by atoms with Crippen molar-refractivity contribution in [2.45, 2.75) is 26.0 Å². The first kappa shape index (κ1) is 15.0. The van der Waals surface area contributed by atoms with Gasteiger partial charge in [0.1, 0.15) is 5.75 Å². The van der Waals surface area contributed by atoms with E-state index in [9.17, 15) is 4.79 Å². The zero-order valence-electron chi connectivity index (χ0n) is 12.4. The number of pyridine rings is 1. The molecule has 2 rings (SSSR count). The molecule has 4 nitrogen and oxygen atoms in total. The number of likely N-dealkylation sites (N-methyl/N-ethyl adjacent to an activating group) is 1. The molecular formula is C17H20N2O2. The van der Waals surface area contributed by atoms with E-state index in [0.29, 0.717) is 18.7 Å². The van der Waals surface area contributed by atoms with Crippen LogP contribution in [0.1, 0.15) is 18.9 Å². The van der Waals surface area contributed by atoms with Crippen molar-refractivity contribution >= 4 is 5.91 Å². The maximum absolute atomic E-state index is 12.5. The van der Waals surface area contributed by atoms with E-state index in [1.54, 1.807) is 24.3 Å². The second kappa shape index (κ2) is 7.43. The van der Waals surface area contributed by atoms with Crippen molar-refractivity contribution in [2.75, 3.05) is 7.05 Å². The maximum atomic E-state index is 12.5. The van der Waals surface area contributed by atoms with Gasteiger partial charge in [0.15, 0.2) is 6.10 Å². The van der Waals surface area contributed by atoms with E-state index in [-0.39, 0.29) is 5.91 Å². The Balaban J connectivity index is 1.99. The van der Waals surface area contributed by atoms with Crippen molar-refractivity contribution in [2.24, 2.45) is 0 Å². The molecule has 0 bridgehead atoms. The third-order valence-corrected chi connectivity index (χ3v) is 3.19. The molecule has 0 N–H and O–H groups in total. The fourth-order valence-corrected chi connectivity index (χ4v) is 2.06. The van der Waals surface area contributed by atoms with Gasteiger partial charge in [-0.2, -0.15) is 0 Å². The first-order valence-electron chi connectivity index (χ1n) is 7.06. The van der Waals surface area contributed by atoms with Crippen LogP contribution in [0.25, 0.3) is 0 Å². The smallest absolute Gasteiger partial charge is 0.263 e. The molecule has 1 heterocycles. The normalized spacial score (nSPS) is 11.7. The molecule has 0 aliphatic rings. The Morgan fingerprint density at radius 1 is 1.24 bits per heavy atom. The monoisotopic (exact) mass is 284 g/mol. The van der Waals surface area contributed by atoms with Gasteiger partial charge in [0, 0.05) is 26.0 Å². The van der Waals surface area contributed by atoms with Crippen LogP contribution in [-0.4, -0.2) is 28.9 Å².